The Bertz CT molecular complexity index is 250. The smallest absolute Gasteiger partial charge is 0.0707 e. The number of rotatable bonds is 5. The third-order valence-corrected chi connectivity index (χ3v) is 5.08. The van der Waals surface area contributed by atoms with E-state index >= 15 is 0 Å². The monoisotopic (exact) mass is 272 g/mol. The van der Waals surface area contributed by atoms with Crippen LogP contribution < -0.4 is 5.32 Å². The minimum atomic E-state index is 0.437. The molecule has 0 amide bonds. The largest absolute Gasteiger partial charge is 0.372 e. The summed E-state index contributed by atoms with van der Waals surface area (Å²) in [5.41, 5.74) is 0. The lowest BCUT2D eigenvalue weighted by atomic mass is 10.1. The van der Waals surface area contributed by atoms with E-state index in [2.05, 4.69) is 42.7 Å². The molecule has 0 aromatic carbocycles. The number of ether oxygens (including phenoxy) is 1. The van der Waals surface area contributed by atoms with Crippen molar-refractivity contribution in [3.05, 3.63) is 0 Å². The third kappa shape index (κ3) is 4.41. The van der Waals surface area contributed by atoms with Gasteiger partial charge in [-0.1, -0.05) is 13.8 Å². The van der Waals surface area contributed by atoms with Gasteiger partial charge in [0, 0.05) is 43.2 Å². The molecule has 2 rings (SSSR count). The summed E-state index contributed by atoms with van der Waals surface area (Å²) in [6.07, 6.45) is 3.36. The summed E-state index contributed by atoms with van der Waals surface area (Å²) in [4.78, 5) is 2.61. The van der Waals surface area contributed by atoms with Crippen LogP contribution >= 0.6 is 11.8 Å². The van der Waals surface area contributed by atoms with E-state index in [1.807, 2.05) is 0 Å². The minimum absolute atomic E-state index is 0.437. The standard InChI is InChI=1S/C14H28N2OS/c1-11(2)15-8-13-4-5-14(17-13)9-16-6-7-18-10-12(16)3/h11-15H,4-10H2,1-3H3. The van der Waals surface area contributed by atoms with E-state index in [0.29, 0.717) is 18.2 Å². The first kappa shape index (κ1) is 14.6. The number of hydrogen-bond donors (Lipinski definition) is 1. The quantitative estimate of drug-likeness (QED) is 0.827. The average Bonchev–Trinajstić information content (AvgIpc) is 2.77. The number of hydrogen-bond acceptors (Lipinski definition) is 4. The van der Waals surface area contributed by atoms with Crippen molar-refractivity contribution in [1.29, 1.82) is 0 Å². The van der Waals surface area contributed by atoms with Crippen molar-refractivity contribution in [3.8, 4) is 0 Å². The van der Waals surface area contributed by atoms with Crippen molar-refractivity contribution in [2.75, 3.05) is 31.1 Å². The van der Waals surface area contributed by atoms with Gasteiger partial charge in [0.25, 0.3) is 0 Å². The fourth-order valence-electron chi connectivity index (χ4n) is 2.73. The molecule has 0 aliphatic carbocycles. The van der Waals surface area contributed by atoms with Crippen LogP contribution in [0.2, 0.25) is 0 Å². The van der Waals surface area contributed by atoms with Gasteiger partial charge in [-0.15, -0.1) is 0 Å². The SMILES string of the molecule is CC(C)NCC1CCC(CN2CCSCC2C)O1. The topological polar surface area (TPSA) is 24.5 Å². The first-order chi connectivity index (χ1) is 8.65. The lowest BCUT2D eigenvalue weighted by Crippen LogP contribution is -2.44. The zero-order valence-corrected chi connectivity index (χ0v) is 12.8. The van der Waals surface area contributed by atoms with Crippen LogP contribution in [0.4, 0.5) is 0 Å². The Hall–Kier alpha value is 0.230. The highest BCUT2D eigenvalue weighted by molar-refractivity contribution is 7.99. The van der Waals surface area contributed by atoms with Gasteiger partial charge in [0.15, 0.2) is 0 Å². The van der Waals surface area contributed by atoms with Crippen LogP contribution in [0.3, 0.4) is 0 Å². The second-order valence-corrected chi connectivity index (χ2v) is 7.09. The zero-order valence-electron chi connectivity index (χ0n) is 12.0. The van der Waals surface area contributed by atoms with Gasteiger partial charge in [0.1, 0.15) is 0 Å². The van der Waals surface area contributed by atoms with Gasteiger partial charge in [-0.25, -0.2) is 0 Å². The molecule has 18 heavy (non-hydrogen) atoms. The molecule has 2 fully saturated rings. The van der Waals surface area contributed by atoms with Gasteiger partial charge in [-0.2, -0.15) is 11.8 Å². The van der Waals surface area contributed by atoms with E-state index in [0.717, 1.165) is 19.1 Å². The first-order valence-electron chi connectivity index (χ1n) is 7.35. The Labute approximate surface area is 116 Å². The van der Waals surface area contributed by atoms with Crippen LogP contribution in [0.25, 0.3) is 0 Å². The second kappa shape index (κ2) is 7.13. The van der Waals surface area contributed by atoms with Crippen molar-refractivity contribution >= 4 is 11.8 Å². The Morgan fingerprint density at radius 3 is 2.83 bits per heavy atom. The molecule has 1 N–H and O–H groups in total. The molecule has 0 radical (unpaired) electrons. The van der Waals surface area contributed by atoms with E-state index in [1.165, 1.54) is 30.9 Å². The second-order valence-electron chi connectivity index (χ2n) is 5.94. The van der Waals surface area contributed by atoms with E-state index in [1.54, 1.807) is 0 Å². The minimum Gasteiger partial charge on any atom is -0.372 e. The van der Waals surface area contributed by atoms with E-state index in [4.69, 9.17) is 4.74 Å². The molecule has 4 heteroatoms. The molecule has 2 aliphatic heterocycles. The van der Waals surface area contributed by atoms with Crippen molar-refractivity contribution in [2.24, 2.45) is 0 Å². The van der Waals surface area contributed by atoms with Crippen molar-refractivity contribution in [1.82, 2.24) is 10.2 Å². The van der Waals surface area contributed by atoms with Gasteiger partial charge in [-0.05, 0) is 19.8 Å². The molecule has 106 valence electrons. The number of nitrogens with one attached hydrogen (secondary N) is 1. The molecule has 0 aromatic rings. The van der Waals surface area contributed by atoms with Crippen molar-refractivity contribution in [2.45, 2.75) is 57.9 Å². The Balaban J connectivity index is 1.68. The Kier molecular flexibility index (Phi) is 5.80. The Morgan fingerprint density at radius 2 is 2.11 bits per heavy atom. The van der Waals surface area contributed by atoms with Crippen LogP contribution in [-0.4, -0.2) is 60.3 Å². The zero-order chi connectivity index (χ0) is 13.0. The molecule has 2 heterocycles. The third-order valence-electron chi connectivity index (χ3n) is 3.89. The van der Waals surface area contributed by atoms with Crippen molar-refractivity contribution in [3.63, 3.8) is 0 Å². The van der Waals surface area contributed by atoms with Crippen LogP contribution in [0, 0.1) is 0 Å². The predicted molar refractivity (Wildman–Crippen MR) is 79.4 cm³/mol. The Morgan fingerprint density at radius 1 is 1.33 bits per heavy atom. The van der Waals surface area contributed by atoms with Gasteiger partial charge >= 0.3 is 0 Å². The summed E-state index contributed by atoms with van der Waals surface area (Å²) >= 11 is 2.08. The maximum atomic E-state index is 6.15. The van der Waals surface area contributed by atoms with E-state index in [-0.39, 0.29) is 0 Å². The van der Waals surface area contributed by atoms with Gasteiger partial charge < -0.3 is 10.1 Å². The molecular weight excluding hydrogens is 244 g/mol. The van der Waals surface area contributed by atoms with Gasteiger partial charge in [0.05, 0.1) is 12.2 Å². The molecule has 2 aliphatic rings. The maximum Gasteiger partial charge on any atom is 0.0707 e. The predicted octanol–water partition coefficient (Wildman–Crippen LogP) is 1.97. The summed E-state index contributed by atoms with van der Waals surface area (Å²) in [6, 6.07) is 1.28. The molecule has 0 spiro atoms. The molecule has 3 unspecified atom stereocenters. The average molecular weight is 272 g/mol. The molecule has 3 atom stereocenters. The summed E-state index contributed by atoms with van der Waals surface area (Å²) in [5.74, 6) is 2.57. The van der Waals surface area contributed by atoms with E-state index < -0.39 is 0 Å². The van der Waals surface area contributed by atoms with Crippen LogP contribution in [0.15, 0.2) is 0 Å². The van der Waals surface area contributed by atoms with Crippen molar-refractivity contribution < 1.29 is 4.74 Å². The summed E-state index contributed by atoms with van der Waals surface area (Å²) in [7, 11) is 0. The maximum absolute atomic E-state index is 6.15. The first-order valence-corrected chi connectivity index (χ1v) is 8.51. The number of thioether (sulfide) groups is 1. The van der Waals surface area contributed by atoms with Crippen LogP contribution in [0.5, 0.6) is 0 Å². The normalized spacial score (nSPS) is 34.3. The van der Waals surface area contributed by atoms with Crippen LogP contribution in [0.1, 0.15) is 33.6 Å². The van der Waals surface area contributed by atoms with Crippen LogP contribution in [-0.2, 0) is 4.74 Å². The fraction of sp³-hybridized carbons (Fsp3) is 1.00. The number of nitrogens with zero attached hydrogens (tertiary/aromatic N) is 1. The molecule has 2 saturated heterocycles. The molecule has 0 aromatic heterocycles. The van der Waals surface area contributed by atoms with E-state index in [9.17, 15) is 0 Å². The highest BCUT2D eigenvalue weighted by atomic mass is 32.2. The summed E-state index contributed by atoms with van der Waals surface area (Å²) < 4.78 is 6.15. The molecular formula is C14H28N2OS. The molecule has 0 bridgehead atoms. The summed E-state index contributed by atoms with van der Waals surface area (Å²) in [5, 5.41) is 3.48. The highest BCUT2D eigenvalue weighted by Gasteiger charge is 2.29. The lowest BCUT2D eigenvalue weighted by molar-refractivity contribution is 0.0178. The fourth-order valence-corrected chi connectivity index (χ4v) is 3.81. The highest BCUT2D eigenvalue weighted by Crippen LogP contribution is 2.23. The summed E-state index contributed by atoms with van der Waals surface area (Å²) in [6.45, 7) is 10.1. The molecule has 0 saturated carbocycles. The lowest BCUT2D eigenvalue weighted by Gasteiger charge is -2.34. The molecule has 3 nitrogen and oxygen atoms in total. The van der Waals surface area contributed by atoms with Gasteiger partial charge in [0.2, 0.25) is 0 Å². The van der Waals surface area contributed by atoms with Gasteiger partial charge in [-0.3, -0.25) is 4.90 Å².